The Morgan fingerprint density at radius 3 is 2.46 bits per heavy atom. The molecule has 0 fully saturated rings. The maximum atomic E-state index is 12.2. The highest BCUT2D eigenvalue weighted by Crippen LogP contribution is 2.30. The maximum absolute atomic E-state index is 12.2. The van der Waals surface area contributed by atoms with Gasteiger partial charge in [0.2, 0.25) is 0 Å². The van der Waals surface area contributed by atoms with Crippen LogP contribution in [0.1, 0.15) is 11.3 Å². The van der Waals surface area contributed by atoms with E-state index in [-0.39, 0.29) is 16.8 Å². The monoisotopic (exact) mass is 254 g/mol. The van der Waals surface area contributed by atoms with Gasteiger partial charge in [-0.1, -0.05) is 15.9 Å². The summed E-state index contributed by atoms with van der Waals surface area (Å²) in [6, 6.07) is 1.78. The number of nitrogens with two attached hydrogens (primary N) is 1. The molecule has 13 heavy (non-hydrogen) atoms. The average molecular weight is 255 g/mol. The van der Waals surface area contributed by atoms with Crippen molar-refractivity contribution < 1.29 is 13.2 Å². The van der Waals surface area contributed by atoms with Crippen molar-refractivity contribution in [2.75, 3.05) is 5.73 Å². The molecule has 0 atom stereocenters. The number of anilines is 1. The van der Waals surface area contributed by atoms with Gasteiger partial charge in [0.15, 0.2) is 0 Å². The number of halogens is 4. The molecule has 0 aliphatic heterocycles. The van der Waals surface area contributed by atoms with Gasteiger partial charge in [0.05, 0.1) is 11.3 Å². The minimum Gasteiger partial charge on any atom is -0.384 e. The third-order valence-corrected chi connectivity index (χ3v) is 1.94. The summed E-state index contributed by atoms with van der Waals surface area (Å²) >= 11 is 3.01. The molecule has 0 unspecified atom stereocenters. The van der Waals surface area contributed by atoms with Gasteiger partial charge in [-0.05, 0) is 12.1 Å². The summed E-state index contributed by atoms with van der Waals surface area (Å²) in [6.07, 6.45) is -4.37. The van der Waals surface area contributed by atoms with E-state index < -0.39 is 11.7 Å². The van der Waals surface area contributed by atoms with E-state index in [1.165, 1.54) is 0 Å². The highest BCUT2D eigenvalue weighted by molar-refractivity contribution is 9.08. The van der Waals surface area contributed by atoms with Crippen molar-refractivity contribution in [3.8, 4) is 0 Å². The molecule has 0 saturated carbocycles. The summed E-state index contributed by atoms with van der Waals surface area (Å²) in [7, 11) is 0. The van der Waals surface area contributed by atoms with E-state index in [0.29, 0.717) is 0 Å². The molecule has 0 spiro atoms. The summed E-state index contributed by atoms with van der Waals surface area (Å²) in [4.78, 5) is 3.70. The lowest BCUT2D eigenvalue weighted by atomic mass is 10.2. The third kappa shape index (κ3) is 2.58. The molecule has 0 saturated heterocycles. The molecular weight excluding hydrogens is 249 g/mol. The SMILES string of the molecule is Nc1cc(C(F)(F)F)cc(CBr)n1. The zero-order chi connectivity index (χ0) is 10.1. The molecule has 0 bridgehead atoms. The summed E-state index contributed by atoms with van der Waals surface area (Å²) < 4.78 is 36.6. The zero-order valence-electron chi connectivity index (χ0n) is 6.40. The molecule has 1 aromatic heterocycles. The van der Waals surface area contributed by atoms with Gasteiger partial charge in [0.1, 0.15) is 5.82 Å². The van der Waals surface area contributed by atoms with Gasteiger partial charge in [-0.15, -0.1) is 0 Å². The zero-order valence-corrected chi connectivity index (χ0v) is 7.98. The second kappa shape index (κ2) is 3.53. The number of aromatic nitrogens is 1. The Bertz CT molecular complexity index is 311. The molecule has 1 aromatic rings. The van der Waals surface area contributed by atoms with Crippen LogP contribution in [0.2, 0.25) is 0 Å². The van der Waals surface area contributed by atoms with Crippen LogP contribution < -0.4 is 5.73 Å². The molecule has 2 nitrogen and oxygen atoms in total. The van der Waals surface area contributed by atoms with Crippen LogP contribution in [0.3, 0.4) is 0 Å². The normalized spacial score (nSPS) is 11.7. The van der Waals surface area contributed by atoms with Gasteiger partial charge in [0.25, 0.3) is 0 Å². The number of pyridine rings is 1. The first-order chi connectivity index (χ1) is 5.93. The predicted octanol–water partition coefficient (Wildman–Crippen LogP) is 2.58. The lowest BCUT2D eigenvalue weighted by Crippen LogP contribution is -2.07. The van der Waals surface area contributed by atoms with Crippen molar-refractivity contribution >= 4 is 21.7 Å². The maximum Gasteiger partial charge on any atom is 0.416 e. The van der Waals surface area contributed by atoms with Crippen molar-refractivity contribution in [3.05, 3.63) is 23.4 Å². The highest BCUT2D eigenvalue weighted by atomic mass is 79.9. The minimum atomic E-state index is -4.37. The van der Waals surface area contributed by atoms with Gasteiger partial charge in [-0.25, -0.2) is 4.98 Å². The Morgan fingerprint density at radius 1 is 1.38 bits per heavy atom. The van der Waals surface area contributed by atoms with Gasteiger partial charge in [-0.3, -0.25) is 0 Å². The third-order valence-electron chi connectivity index (χ3n) is 1.36. The van der Waals surface area contributed by atoms with Crippen molar-refractivity contribution in [2.24, 2.45) is 0 Å². The smallest absolute Gasteiger partial charge is 0.384 e. The molecule has 0 aromatic carbocycles. The second-order valence-corrected chi connectivity index (χ2v) is 2.96. The first-order valence-electron chi connectivity index (χ1n) is 3.33. The van der Waals surface area contributed by atoms with Gasteiger partial charge in [0, 0.05) is 5.33 Å². The van der Waals surface area contributed by atoms with Crippen molar-refractivity contribution in [3.63, 3.8) is 0 Å². The lowest BCUT2D eigenvalue weighted by molar-refractivity contribution is -0.137. The molecule has 1 heterocycles. The standard InChI is InChI=1S/C7H6BrF3N2/c8-3-5-1-4(7(9,10)11)2-6(12)13-5/h1-2H,3H2,(H2,12,13). The summed E-state index contributed by atoms with van der Waals surface area (Å²) in [6.45, 7) is 0. The number of nitrogen functional groups attached to an aromatic ring is 1. The Balaban J connectivity index is 3.16. The van der Waals surface area contributed by atoms with Crippen molar-refractivity contribution in [1.82, 2.24) is 4.98 Å². The lowest BCUT2D eigenvalue weighted by Gasteiger charge is -2.08. The Morgan fingerprint density at radius 2 is 2.00 bits per heavy atom. The number of hydrogen-bond acceptors (Lipinski definition) is 2. The highest BCUT2D eigenvalue weighted by Gasteiger charge is 2.31. The number of rotatable bonds is 1. The Kier molecular flexibility index (Phi) is 2.80. The fraction of sp³-hybridized carbons (Fsp3) is 0.286. The van der Waals surface area contributed by atoms with Gasteiger partial charge >= 0.3 is 6.18 Å². The van der Waals surface area contributed by atoms with Crippen LogP contribution in [0.25, 0.3) is 0 Å². The van der Waals surface area contributed by atoms with Crippen LogP contribution in [-0.4, -0.2) is 4.98 Å². The number of nitrogens with zero attached hydrogens (tertiary/aromatic N) is 1. The van der Waals surface area contributed by atoms with E-state index in [4.69, 9.17) is 5.73 Å². The van der Waals surface area contributed by atoms with Crippen LogP contribution in [0.5, 0.6) is 0 Å². The van der Waals surface area contributed by atoms with Crippen LogP contribution in [0, 0.1) is 0 Å². The molecule has 0 aliphatic carbocycles. The van der Waals surface area contributed by atoms with Crippen LogP contribution in [0.4, 0.5) is 19.0 Å². The number of hydrogen-bond donors (Lipinski definition) is 1. The molecule has 72 valence electrons. The van der Waals surface area contributed by atoms with Crippen LogP contribution >= 0.6 is 15.9 Å². The van der Waals surface area contributed by atoms with E-state index in [1.54, 1.807) is 0 Å². The quantitative estimate of drug-likeness (QED) is 0.783. The fourth-order valence-corrected chi connectivity index (χ4v) is 1.13. The van der Waals surface area contributed by atoms with E-state index >= 15 is 0 Å². The van der Waals surface area contributed by atoms with E-state index in [9.17, 15) is 13.2 Å². The molecule has 6 heteroatoms. The summed E-state index contributed by atoms with van der Waals surface area (Å²) in [5, 5.41) is 0.251. The first-order valence-corrected chi connectivity index (χ1v) is 4.45. The summed E-state index contributed by atoms with van der Waals surface area (Å²) in [5.74, 6) is -0.121. The summed E-state index contributed by atoms with van der Waals surface area (Å²) in [5.41, 5.74) is 4.70. The average Bonchev–Trinajstić information content (AvgIpc) is 2.01. The van der Waals surface area contributed by atoms with Gasteiger partial charge < -0.3 is 5.73 Å². The van der Waals surface area contributed by atoms with Gasteiger partial charge in [-0.2, -0.15) is 13.2 Å². The largest absolute Gasteiger partial charge is 0.416 e. The molecule has 2 N–H and O–H groups in total. The van der Waals surface area contributed by atoms with Crippen molar-refractivity contribution in [2.45, 2.75) is 11.5 Å². The Hall–Kier alpha value is -0.780. The molecule has 0 amide bonds. The predicted molar refractivity (Wildman–Crippen MR) is 46.3 cm³/mol. The topological polar surface area (TPSA) is 38.9 Å². The Labute approximate surface area is 81.1 Å². The van der Waals surface area contributed by atoms with Crippen molar-refractivity contribution in [1.29, 1.82) is 0 Å². The van der Waals surface area contributed by atoms with E-state index in [0.717, 1.165) is 12.1 Å². The molecule has 0 radical (unpaired) electrons. The molecule has 0 aliphatic rings. The van der Waals surface area contributed by atoms with E-state index in [1.807, 2.05) is 0 Å². The molecule has 1 rings (SSSR count). The second-order valence-electron chi connectivity index (χ2n) is 2.40. The van der Waals surface area contributed by atoms with Crippen LogP contribution in [-0.2, 0) is 11.5 Å². The number of alkyl halides is 4. The first kappa shape index (κ1) is 10.3. The minimum absolute atomic E-state index is 0.121. The molecular formula is C7H6BrF3N2. The fourth-order valence-electron chi connectivity index (χ4n) is 0.843. The van der Waals surface area contributed by atoms with E-state index in [2.05, 4.69) is 20.9 Å². The van der Waals surface area contributed by atoms with Crippen LogP contribution in [0.15, 0.2) is 12.1 Å².